The maximum atomic E-state index is 13.2. The highest BCUT2D eigenvalue weighted by Gasteiger charge is 2.32. The van der Waals surface area contributed by atoms with Crippen LogP contribution in [-0.2, 0) is 6.18 Å². The van der Waals surface area contributed by atoms with Crippen LogP contribution in [0.15, 0.2) is 52.9 Å². The lowest BCUT2D eigenvalue weighted by atomic mass is 10.0. The standard InChI is InChI=1S/C22H19F3O3/c1-13(2)17-7-4-14(3)10-21(17)28-20-8-5-15(22(23,24)25)11-18(20)19-9-6-16(12-26)27-19/h4-13H,1-3H3. The maximum Gasteiger partial charge on any atom is 0.416 e. The van der Waals surface area contributed by atoms with E-state index >= 15 is 0 Å². The summed E-state index contributed by atoms with van der Waals surface area (Å²) in [6, 6.07) is 11.8. The third-order valence-electron chi connectivity index (χ3n) is 4.33. The number of hydrogen-bond donors (Lipinski definition) is 0. The lowest BCUT2D eigenvalue weighted by Crippen LogP contribution is -2.05. The number of carbonyl (C=O) groups is 1. The number of rotatable bonds is 5. The fraction of sp³-hybridized carbons (Fsp3) is 0.227. The van der Waals surface area contributed by atoms with Gasteiger partial charge in [-0.2, -0.15) is 13.2 Å². The van der Waals surface area contributed by atoms with Crippen molar-refractivity contribution in [3.63, 3.8) is 0 Å². The number of aryl methyl sites for hydroxylation is 1. The molecule has 6 heteroatoms. The summed E-state index contributed by atoms with van der Waals surface area (Å²) in [5, 5.41) is 0. The minimum absolute atomic E-state index is 0.0248. The Morgan fingerprint density at radius 3 is 2.36 bits per heavy atom. The number of carbonyl (C=O) groups excluding carboxylic acids is 1. The van der Waals surface area contributed by atoms with E-state index in [1.54, 1.807) is 0 Å². The topological polar surface area (TPSA) is 39.4 Å². The highest BCUT2D eigenvalue weighted by molar-refractivity contribution is 5.75. The molecule has 0 aliphatic heterocycles. The Morgan fingerprint density at radius 1 is 1.00 bits per heavy atom. The summed E-state index contributed by atoms with van der Waals surface area (Å²) >= 11 is 0. The molecule has 0 amide bonds. The molecule has 2 aromatic carbocycles. The number of ether oxygens (including phenoxy) is 1. The van der Waals surface area contributed by atoms with E-state index in [0.717, 1.165) is 23.3 Å². The molecule has 146 valence electrons. The van der Waals surface area contributed by atoms with Crippen molar-refractivity contribution < 1.29 is 27.1 Å². The second-order valence-electron chi connectivity index (χ2n) is 6.83. The van der Waals surface area contributed by atoms with Gasteiger partial charge < -0.3 is 9.15 Å². The average Bonchev–Trinajstić information content (AvgIpc) is 3.10. The van der Waals surface area contributed by atoms with Crippen LogP contribution in [-0.4, -0.2) is 6.29 Å². The molecule has 3 nitrogen and oxygen atoms in total. The Bertz CT molecular complexity index is 1000. The first kappa shape index (κ1) is 19.7. The van der Waals surface area contributed by atoms with Crippen molar-refractivity contribution in [3.8, 4) is 22.8 Å². The van der Waals surface area contributed by atoms with Crippen molar-refractivity contribution in [1.29, 1.82) is 0 Å². The predicted octanol–water partition coefficient (Wildman–Crippen LogP) is 7.00. The van der Waals surface area contributed by atoms with E-state index in [1.165, 1.54) is 18.2 Å². The van der Waals surface area contributed by atoms with Crippen LogP contribution >= 0.6 is 0 Å². The largest absolute Gasteiger partial charge is 0.456 e. The molecule has 0 radical (unpaired) electrons. The molecule has 3 rings (SSSR count). The Balaban J connectivity index is 2.13. The van der Waals surface area contributed by atoms with E-state index < -0.39 is 11.7 Å². The van der Waals surface area contributed by atoms with E-state index in [9.17, 15) is 18.0 Å². The van der Waals surface area contributed by atoms with Gasteiger partial charge in [0.25, 0.3) is 0 Å². The van der Waals surface area contributed by atoms with E-state index in [4.69, 9.17) is 9.15 Å². The second kappa shape index (κ2) is 7.54. The summed E-state index contributed by atoms with van der Waals surface area (Å²) < 4.78 is 51.0. The van der Waals surface area contributed by atoms with Crippen LogP contribution in [0.3, 0.4) is 0 Å². The van der Waals surface area contributed by atoms with E-state index in [2.05, 4.69) is 0 Å². The first-order chi connectivity index (χ1) is 13.2. The van der Waals surface area contributed by atoms with Gasteiger partial charge in [0, 0.05) is 0 Å². The highest BCUT2D eigenvalue weighted by Crippen LogP contribution is 2.41. The third-order valence-corrected chi connectivity index (χ3v) is 4.33. The van der Waals surface area contributed by atoms with Crippen molar-refractivity contribution in [3.05, 3.63) is 71.0 Å². The normalized spacial score (nSPS) is 11.7. The first-order valence-corrected chi connectivity index (χ1v) is 8.74. The Hall–Kier alpha value is -3.02. The third kappa shape index (κ3) is 4.11. The molecular weight excluding hydrogens is 369 g/mol. The van der Waals surface area contributed by atoms with Gasteiger partial charge in [-0.05, 0) is 60.4 Å². The van der Waals surface area contributed by atoms with Crippen LogP contribution in [0, 0.1) is 6.92 Å². The highest BCUT2D eigenvalue weighted by atomic mass is 19.4. The maximum absolute atomic E-state index is 13.2. The molecule has 0 aliphatic rings. The predicted molar refractivity (Wildman–Crippen MR) is 99.9 cm³/mol. The molecule has 0 unspecified atom stereocenters. The van der Waals surface area contributed by atoms with Gasteiger partial charge in [0.05, 0.1) is 11.1 Å². The van der Waals surface area contributed by atoms with Gasteiger partial charge in [-0.3, -0.25) is 4.79 Å². The van der Waals surface area contributed by atoms with Crippen LogP contribution in [0.25, 0.3) is 11.3 Å². The van der Waals surface area contributed by atoms with E-state index in [-0.39, 0.29) is 28.8 Å². The zero-order valence-corrected chi connectivity index (χ0v) is 15.6. The van der Waals surface area contributed by atoms with Gasteiger partial charge in [-0.25, -0.2) is 0 Å². The molecule has 0 N–H and O–H groups in total. The van der Waals surface area contributed by atoms with Gasteiger partial charge in [-0.15, -0.1) is 0 Å². The monoisotopic (exact) mass is 388 g/mol. The Labute approximate surface area is 160 Å². The molecule has 0 bridgehead atoms. The van der Waals surface area contributed by atoms with Crippen LogP contribution < -0.4 is 4.74 Å². The summed E-state index contributed by atoms with van der Waals surface area (Å²) in [6.45, 7) is 5.93. The van der Waals surface area contributed by atoms with Gasteiger partial charge in [0.2, 0.25) is 0 Å². The molecule has 3 aromatic rings. The Kier molecular flexibility index (Phi) is 5.31. The first-order valence-electron chi connectivity index (χ1n) is 8.74. The zero-order valence-electron chi connectivity index (χ0n) is 15.6. The molecule has 1 heterocycles. The quantitative estimate of drug-likeness (QED) is 0.442. The smallest absolute Gasteiger partial charge is 0.416 e. The van der Waals surface area contributed by atoms with Gasteiger partial charge in [0.1, 0.15) is 17.3 Å². The zero-order chi connectivity index (χ0) is 20.5. The SMILES string of the molecule is Cc1ccc(C(C)C)c(Oc2ccc(C(F)(F)F)cc2-c2ccc(C=O)o2)c1. The fourth-order valence-corrected chi connectivity index (χ4v) is 2.87. The van der Waals surface area contributed by atoms with E-state index in [1.807, 2.05) is 39.0 Å². The van der Waals surface area contributed by atoms with Crippen molar-refractivity contribution in [2.45, 2.75) is 32.9 Å². The molecule has 0 saturated heterocycles. The van der Waals surface area contributed by atoms with Crippen molar-refractivity contribution in [2.75, 3.05) is 0 Å². The molecule has 0 atom stereocenters. The molecule has 0 saturated carbocycles. The molecule has 1 aromatic heterocycles. The fourth-order valence-electron chi connectivity index (χ4n) is 2.87. The summed E-state index contributed by atoms with van der Waals surface area (Å²) in [7, 11) is 0. The van der Waals surface area contributed by atoms with Crippen LogP contribution in [0.4, 0.5) is 13.2 Å². The molecule has 0 fully saturated rings. The van der Waals surface area contributed by atoms with Crippen LogP contribution in [0.1, 0.15) is 47.0 Å². The summed E-state index contributed by atoms with van der Waals surface area (Å²) in [6.07, 6.45) is -4.02. The van der Waals surface area contributed by atoms with Gasteiger partial charge >= 0.3 is 6.18 Å². The second-order valence-corrected chi connectivity index (χ2v) is 6.83. The average molecular weight is 388 g/mol. The van der Waals surface area contributed by atoms with E-state index in [0.29, 0.717) is 12.0 Å². The minimum Gasteiger partial charge on any atom is -0.456 e. The van der Waals surface area contributed by atoms with Gasteiger partial charge in [-0.1, -0.05) is 26.0 Å². The number of alkyl halides is 3. The lowest BCUT2D eigenvalue weighted by molar-refractivity contribution is -0.137. The minimum atomic E-state index is -4.51. The molecule has 28 heavy (non-hydrogen) atoms. The number of halogens is 3. The molecule has 0 spiro atoms. The molecular formula is C22H19F3O3. The van der Waals surface area contributed by atoms with Gasteiger partial charge in [0.15, 0.2) is 12.0 Å². The number of benzene rings is 2. The summed E-state index contributed by atoms with van der Waals surface area (Å²) in [4.78, 5) is 10.9. The lowest BCUT2D eigenvalue weighted by Gasteiger charge is -2.17. The van der Waals surface area contributed by atoms with Crippen molar-refractivity contribution in [1.82, 2.24) is 0 Å². The van der Waals surface area contributed by atoms with Crippen molar-refractivity contribution in [2.24, 2.45) is 0 Å². The van der Waals surface area contributed by atoms with Crippen LogP contribution in [0.2, 0.25) is 0 Å². The number of aldehydes is 1. The number of furan rings is 1. The number of hydrogen-bond acceptors (Lipinski definition) is 3. The van der Waals surface area contributed by atoms with Crippen molar-refractivity contribution >= 4 is 6.29 Å². The summed E-state index contributed by atoms with van der Waals surface area (Å²) in [5.74, 6) is 1.10. The molecule has 0 aliphatic carbocycles. The summed E-state index contributed by atoms with van der Waals surface area (Å²) in [5.41, 5.74) is 1.20. The van der Waals surface area contributed by atoms with Crippen LogP contribution in [0.5, 0.6) is 11.5 Å². The Morgan fingerprint density at radius 2 is 1.75 bits per heavy atom.